The first-order valence-electron chi connectivity index (χ1n) is 15.9. The number of hydrogen-bond donors (Lipinski definition) is 3. The number of likely N-dealkylation sites (tertiary alicyclic amines) is 1. The van der Waals surface area contributed by atoms with E-state index in [4.69, 9.17) is 0 Å². The Morgan fingerprint density at radius 1 is 1.12 bits per heavy atom. The van der Waals surface area contributed by atoms with Crippen molar-refractivity contribution in [2.75, 3.05) is 23.7 Å². The second kappa shape index (κ2) is 12.6. The fourth-order valence-corrected chi connectivity index (χ4v) is 8.08. The summed E-state index contributed by atoms with van der Waals surface area (Å²) in [4.78, 5) is 27.8. The smallest absolute Gasteiger partial charge is 0.390 e. The number of anilines is 2. The Morgan fingerprint density at radius 3 is 2.67 bits per heavy atom. The van der Waals surface area contributed by atoms with Crippen LogP contribution in [0.25, 0.3) is 21.1 Å². The lowest BCUT2D eigenvalue weighted by Gasteiger charge is -2.33. The molecule has 0 radical (unpaired) electrons. The Balaban J connectivity index is 1.01. The van der Waals surface area contributed by atoms with Gasteiger partial charge in [0.15, 0.2) is 0 Å². The van der Waals surface area contributed by atoms with Crippen LogP contribution in [0.4, 0.5) is 24.7 Å². The van der Waals surface area contributed by atoms with Gasteiger partial charge < -0.3 is 20.3 Å². The number of pyridine rings is 1. The molecule has 1 amide bonds. The topological polar surface area (TPSA) is 108 Å². The number of alkyl halides is 3. The second-order valence-electron chi connectivity index (χ2n) is 12.8. The molecular weight excluding hydrogens is 639 g/mol. The Labute approximate surface area is 279 Å². The summed E-state index contributed by atoms with van der Waals surface area (Å²) in [5.74, 6) is 0.144. The van der Waals surface area contributed by atoms with Crippen LogP contribution < -0.4 is 10.6 Å². The number of aryl methyl sites for hydroxylation is 2. The van der Waals surface area contributed by atoms with Gasteiger partial charge in [-0.2, -0.15) is 13.2 Å². The summed E-state index contributed by atoms with van der Waals surface area (Å²) in [6.07, 6.45) is 1.91. The first kappa shape index (κ1) is 32.2. The number of piperidine rings is 1. The number of aliphatic hydroxyl groups is 1. The Hall–Kier alpha value is -4.33. The summed E-state index contributed by atoms with van der Waals surface area (Å²) in [5, 5.41) is 19.1. The van der Waals surface area contributed by atoms with Gasteiger partial charge in [0.25, 0.3) is 0 Å². The fourth-order valence-electron chi connectivity index (χ4n) is 7.05. The number of halogens is 3. The van der Waals surface area contributed by atoms with E-state index in [-0.39, 0.29) is 28.8 Å². The Kier molecular flexibility index (Phi) is 8.46. The lowest BCUT2D eigenvalue weighted by molar-refractivity contribution is -0.126. The summed E-state index contributed by atoms with van der Waals surface area (Å²) in [6.45, 7) is 10.3. The van der Waals surface area contributed by atoms with Crippen molar-refractivity contribution in [1.29, 1.82) is 0 Å². The summed E-state index contributed by atoms with van der Waals surface area (Å²) >= 11 is 1.06. The highest BCUT2D eigenvalue weighted by Gasteiger charge is 2.52. The Bertz CT molecular complexity index is 2010. The van der Waals surface area contributed by atoms with Crippen LogP contribution in [-0.2, 0) is 17.8 Å². The molecule has 1 aromatic carbocycles. The van der Waals surface area contributed by atoms with Crippen LogP contribution in [0, 0.1) is 13.8 Å². The van der Waals surface area contributed by atoms with Gasteiger partial charge >= 0.3 is 6.18 Å². The summed E-state index contributed by atoms with van der Waals surface area (Å²) in [6, 6.07) is 9.97. The van der Waals surface area contributed by atoms with E-state index in [1.165, 1.54) is 23.5 Å². The SMILES string of the molecule is C=CC(=O)Nc1cncc(C2C(O)C2n2c(C)cc3c(C)c(CN4CCC(Nc5ncnc6sc(CC(F)(F)F)cc56)CC4)ccc32)c1. The third kappa shape index (κ3) is 6.41. The van der Waals surface area contributed by atoms with Gasteiger partial charge in [-0.25, -0.2) is 9.97 Å². The number of aliphatic hydroxyl groups excluding tert-OH is 1. The molecule has 0 bridgehead atoms. The van der Waals surface area contributed by atoms with Crippen molar-refractivity contribution in [1.82, 2.24) is 24.4 Å². The molecule has 13 heteroatoms. The van der Waals surface area contributed by atoms with E-state index in [9.17, 15) is 23.1 Å². The molecule has 5 heterocycles. The highest BCUT2D eigenvalue weighted by atomic mass is 32.1. The quantitative estimate of drug-likeness (QED) is 0.150. The number of aromatic nitrogens is 4. The third-order valence-electron chi connectivity index (χ3n) is 9.51. The van der Waals surface area contributed by atoms with Crippen molar-refractivity contribution >= 4 is 49.9 Å². The van der Waals surface area contributed by atoms with Crippen LogP contribution in [0.3, 0.4) is 0 Å². The number of nitrogens with zero attached hydrogens (tertiary/aromatic N) is 5. The molecule has 9 nitrogen and oxygen atoms in total. The average molecular weight is 676 g/mol. The van der Waals surface area contributed by atoms with Crippen molar-refractivity contribution in [3.05, 3.63) is 89.0 Å². The monoisotopic (exact) mass is 675 g/mol. The molecular formula is C35H36F3N7O2S. The van der Waals surface area contributed by atoms with E-state index in [0.29, 0.717) is 21.7 Å². The largest absolute Gasteiger partial charge is 0.393 e. The van der Waals surface area contributed by atoms with Gasteiger partial charge in [0.1, 0.15) is 17.0 Å². The van der Waals surface area contributed by atoms with Crippen molar-refractivity contribution in [2.24, 2.45) is 0 Å². The predicted octanol–water partition coefficient (Wildman–Crippen LogP) is 6.66. The number of carbonyl (C=O) groups excluding carboxylic acids is 1. The standard InChI is InChI=1S/C35H36F3N7O2S/c1-4-29(46)42-24-12-22(15-39-16-24)30-31(32(30)47)45-19(2)11-26-20(3)21(5-6-28(26)45)17-44-9-7-23(8-10-44)43-33-27-13-25(14-35(36,37)38)48-34(27)41-18-40-33/h4-6,11-13,15-16,18,23,30-32,47H,1,7-10,14,17H2,2-3H3,(H,42,46)(H,40,41,43). The van der Waals surface area contributed by atoms with E-state index in [1.54, 1.807) is 18.5 Å². The van der Waals surface area contributed by atoms with E-state index < -0.39 is 18.7 Å². The van der Waals surface area contributed by atoms with Crippen molar-refractivity contribution in [3.63, 3.8) is 0 Å². The van der Waals surface area contributed by atoms with Crippen LogP contribution in [-0.4, -0.2) is 66.8 Å². The minimum atomic E-state index is -4.26. The molecule has 3 unspecified atom stereocenters. The first-order chi connectivity index (χ1) is 23.0. The first-order valence-corrected chi connectivity index (χ1v) is 16.8. The average Bonchev–Trinajstić information content (AvgIpc) is 3.33. The van der Waals surface area contributed by atoms with Gasteiger partial charge in [0, 0.05) is 59.3 Å². The molecule has 250 valence electrons. The zero-order valence-corrected chi connectivity index (χ0v) is 27.4. The maximum absolute atomic E-state index is 13.0. The number of benzene rings is 1. The number of carbonyl (C=O) groups is 1. The molecule has 7 rings (SSSR count). The normalized spacial score (nSPS) is 20.3. The molecule has 4 aromatic heterocycles. The third-order valence-corrected chi connectivity index (χ3v) is 10.6. The number of hydrogen-bond acceptors (Lipinski definition) is 8. The van der Waals surface area contributed by atoms with Crippen molar-refractivity contribution < 1.29 is 23.1 Å². The van der Waals surface area contributed by atoms with Crippen molar-refractivity contribution in [3.8, 4) is 0 Å². The Morgan fingerprint density at radius 2 is 1.92 bits per heavy atom. The molecule has 2 fully saturated rings. The molecule has 1 aliphatic heterocycles. The molecule has 1 saturated heterocycles. The summed E-state index contributed by atoms with van der Waals surface area (Å²) in [5.41, 5.74) is 6.05. The lowest BCUT2D eigenvalue weighted by atomic mass is 10.0. The van der Waals surface area contributed by atoms with Gasteiger partial charge in [-0.05, 0) is 73.7 Å². The van der Waals surface area contributed by atoms with E-state index in [0.717, 1.165) is 66.0 Å². The van der Waals surface area contributed by atoms with Crippen LogP contribution in [0.5, 0.6) is 0 Å². The number of amides is 1. The van der Waals surface area contributed by atoms with Crippen LogP contribution in [0.2, 0.25) is 0 Å². The number of rotatable bonds is 9. The predicted molar refractivity (Wildman–Crippen MR) is 181 cm³/mol. The van der Waals surface area contributed by atoms with E-state index >= 15 is 0 Å². The molecule has 0 spiro atoms. The molecule has 3 atom stereocenters. The number of thiophene rings is 1. The van der Waals surface area contributed by atoms with Gasteiger partial charge in [0.2, 0.25) is 5.91 Å². The lowest BCUT2D eigenvalue weighted by Crippen LogP contribution is -2.39. The van der Waals surface area contributed by atoms with Crippen LogP contribution in [0.1, 0.15) is 52.1 Å². The van der Waals surface area contributed by atoms with E-state index in [2.05, 4.69) is 73.7 Å². The van der Waals surface area contributed by atoms with Gasteiger partial charge in [-0.15, -0.1) is 11.3 Å². The maximum atomic E-state index is 13.0. The second-order valence-corrected chi connectivity index (χ2v) is 13.9. The zero-order valence-electron chi connectivity index (χ0n) is 26.6. The summed E-state index contributed by atoms with van der Waals surface area (Å²) in [7, 11) is 0. The molecule has 3 N–H and O–H groups in total. The molecule has 1 saturated carbocycles. The maximum Gasteiger partial charge on any atom is 0.393 e. The minimum Gasteiger partial charge on any atom is -0.390 e. The fraction of sp³-hybridized carbons (Fsp3) is 0.371. The van der Waals surface area contributed by atoms with Crippen molar-refractivity contribution in [2.45, 2.75) is 69.9 Å². The highest BCUT2D eigenvalue weighted by molar-refractivity contribution is 7.18. The summed E-state index contributed by atoms with van der Waals surface area (Å²) < 4.78 is 41.1. The van der Waals surface area contributed by atoms with Crippen LogP contribution >= 0.6 is 11.3 Å². The number of nitrogens with one attached hydrogen (secondary N) is 2. The van der Waals surface area contributed by atoms with Crippen LogP contribution in [0.15, 0.2) is 61.7 Å². The number of fused-ring (bicyclic) bond motifs is 2. The highest BCUT2D eigenvalue weighted by Crippen LogP contribution is 2.53. The zero-order chi connectivity index (χ0) is 33.7. The van der Waals surface area contributed by atoms with Gasteiger partial charge in [0.05, 0.1) is 35.8 Å². The molecule has 5 aromatic rings. The minimum absolute atomic E-state index is 0.132. The van der Waals surface area contributed by atoms with Gasteiger partial charge in [-0.1, -0.05) is 12.6 Å². The van der Waals surface area contributed by atoms with E-state index in [1.807, 2.05) is 6.07 Å². The molecule has 1 aliphatic carbocycles. The van der Waals surface area contributed by atoms with Gasteiger partial charge in [-0.3, -0.25) is 14.7 Å². The molecule has 48 heavy (non-hydrogen) atoms. The molecule has 2 aliphatic rings.